The van der Waals surface area contributed by atoms with Gasteiger partial charge in [0.1, 0.15) is 16.2 Å². The lowest BCUT2D eigenvalue weighted by Gasteiger charge is -2.28. The lowest BCUT2D eigenvalue weighted by Crippen LogP contribution is -2.37. The number of nitrogens with one attached hydrogen (secondary N) is 1. The summed E-state index contributed by atoms with van der Waals surface area (Å²) < 4.78 is 8.48. The van der Waals surface area contributed by atoms with Crippen LogP contribution in [0, 0.1) is 0 Å². The van der Waals surface area contributed by atoms with Crippen molar-refractivity contribution >= 4 is 49.1 Å². The summed E-state index contributed by atoms with van der Waals surface area (Å²) >= 11 is 1.45. The van der Waals surface area contributed by atoms with Crippen LogP contribution in [0.1, 0.15) is 28.4 Å². The zero-order valence-electron chi connectivity index (χ0n) is 22.1. The molecule has 2 aliphatic rings. The minimum Gasteiger partial charge on any atom is -0.378 e. The van der Waals surface area contributed by atoms with Gasteiger partial charge in [-0.05, 0) is 49.4 Å². The largest absolute Gasteiger partial charge is 0.378 e. The van der Waals surface area contributed by atoms with Gasteiger partial charge in [-0.2, -0.15) is 0 Å². The SMILES string of the molecule is O=C(NCCN1CCC(c2ccccn2)C1)c1c(=O)c2ccc(N3CCOCC3)nc2n2c1sc1ccccc12. The molecule has 1 aromatic carbocycles. The van der Waals surface area contributed by atoms with Crippen molar-refractivity contribution in [1.82, 2.24) is 24.6 Å². The summed E-state index contributed by atoms with van der Waals surface area (Å²) in [5.41, 5.74) is 2.54. The second-order valence-corrected chi connectivity index (χ2v) is 11.4. The van der Waals surface area contributed by atoms with Crippen molar-refractivity contribution in [2.24, 2.45) is 0 Å². The van der Waals surface area contributed by atoms with Crippen LogP contribution in [0.25, 0.3) is 26.1 Å². The Hall–Kier alpha value is -3.86. The minimum absolute atomic E-state index is 0.183. The monoisotopic (exact) mass is 554 g/mol. The van der Waals surface area contributed by atoms with Crippen LogP contribution in [0.3, 0.4) is 0 Å². The number of hydrogen-bond acceptors (Lipinski definition) is 8. The fourth-order valence-corrected chi connectivity index (χ4v) is 7.04. The van der Waals surface area contributed by atoms with E-state index in [0.29, 0.717) is 41.5 Å². The Labute approximate surface area is 235 Å². The van der Waals surface area contributed by atoms with Crippen LogP contribution in [0.5, 0.6) is 0 Å². The maximum Gasteiger partial charge on any atom is 0.258 e. The zero-order valence-corrected chi connectivity index (χ0v) is 22.9. The van der Waals surface area contributed by atoms with Gasteiger partial charge < -0.3 is 19.9 Å². The highest BCUT2D eigenvalue weighted by molar-refractivity contribution is 7.24. The number of nitrogens with zero attached hydrogens (tertiary/aromatic N) is 5. The van der Waals surface area contributed by atoms with Crippen LogP contribution in [-0.2, 0) is 4.74 Å². The number of thiazole rings is 1. The van der Waals surface area contributed by atoms with E-state index in [4.69, 9.17) is 9.72 Å². The molecule has 5 aromatic rings. The number of aromatic nitrogens is 3. The summed E-state index contributed by atoms with van der Waals surface area (Å²) in [6.45, 7) is 5.88. The van der Waals surface area contributed by atoms with E-state index in [-0.39, 0.29) is 16.9 Å². The molecule has 1 unspecified atom stereocenters. The molecule has 4 aromatic heterocycles. The van der Waals surface area contributed by atoms with E-state index >= 15 is 0 Å². The summed E-state index contributed by atoms with van der Waals surface area (Å²) in [4.78, 5) is 42.0. The predicted molar refractivity (Wildman–Crippen MR) is 158 cm³/mol. The molecule has 1 N–H and O–H groups in total. The molecule has 0 aliphatic carbocycles. The fourth-order valence-electron chi connectivity index (χ4n) is 5.86. The quantitative estimate of drug-likeness (QED) is 0.344. The van der Waals surface area contributed by atoms with E-state index < -0.39 is 0 Å². The van der Waals surface area contributed by atoms with E-state index in [0.717, 1.165) is 60.9 Å². The van der Waals surface area contributed by atoms with Crippen LogP contribution in [0.2, 0.25) is 0 Å². The average molecular weight is 555 g/mol. The molecule has 0 spiro atoms. The molecule has 6 heterocycles. The Morgan fingerprint density at radius 3 is 2.75 bits per heavy atom. The molecule has 0 radical (unpaired) electrons. The van der Waals surface area contributed by atoms with Gasteiger partial charge in [0.25, 0.3) is 5.91 Å². The molecular weight excluding hydrogens is 524 g/mol. The zero-order chi connectivity index (χ0) is 27.1. The van der Waals surface area contributed by atoms with Gasteiger partial charge in [0.05, 0.1) is 28.8 Å². The maximum atomic E-state index is 13.8. The average Bonchev–Trinajstić information content (AvgIpc) is 3.63. The van der Waals surface area contributed by atoms with Crippen LogP contribution in [0.15, 0.2) is 65.6 Å². The molecule has 204 valence electrons. The smallest absolute Gasteiger partial charge is 0.258 e. The summed E-state index contributed by atoms with van der Waals surface area (Å²) in [6, 6.07) is 17.7. The van der Waals surface area contributed by atoms with Crippen molar-refractivity contribution in [1.29, 1.82) is 0 Å². The number of fused-ring (bicyclic) bond motifs is 5. The first-order valence-electron chi connectivity index (χ1n) is 13.8. The molecule has 0 bridgehead atoms. The van der Waals surface area contributed by atoms with E-state index in [1.165, 1.54) is 11.3 Å². The maximum absolute atomic E-state index is 13.8. The normalized spacial score (nSPS) is 18.2. The third kappa shape index (κ3) is 4.51. The highest BCUT2D eigenvalue weighted by Gasteiger charge is 2.26. The first-order valence-corrected chi connectivity index (χ1v) is 14.6. The second kappa shape index (κ2) is 10.6. The summed E-state index contributed by atoms with van der Waals surface area (Å²) in [6.07, 6.45) is 2.90. The van der Waals surface area contributed by atoms with Crippen molar-refractivity contribution in [3.8, 4) is 0 Å². The molecule has 40 heavy (non-hydrogen) atoms. The number of pyridine rings is 3. The molecule has 1 atom stereocenters. The molecule has 2 fully saturated rings. The molecule has 0 saturated carbocycles. The number of benzene rings is 1. The highest BCUT2D eigenvalue weighted by atomic mass is 32.1. The Kier molecular flexibility index (Phi) is 6.66. The molecule has 2 saturated heterocycles. The number of carbonyl (C=O) groups is 1. The standard InChI is InChI=1S/C30H30N6O3S/c37-27-21-8-9-25(35-15-17-39-18-16-35)33-28(21)36-23-6-1-2-7-24(23)40-30(36)26(27)29(38)32-12-14-34-13-10-20(19-34)22-5-3-4-11-31-22/h1-9,11,20H,10,12-19H2,(H,32,38). The molecule has 1 amide bonds. The predicted octanol–water partition coefficient (Wildman–Crippen LogP) is 3.51. The van der Waals surface area contributed by atoms with E-state index in [1.54, 1.807) is 0 Å². The number of morpholine rings is 1. The molecular formula is C30H30N6O3S. The van der Waals surface area contributed by atoms with Gasteiger partial charge in [0, 0.05) is 50.5 Å². The summed E-state index contributed by atoms with van der Waals surface area (Å²) in [5.74, 6) is 0.884. The number of ether oxygens (including phenoxy) is 1. The van der Waals surface area contributed by atoms with Crippen LogP contribution < -0.4 is 15.6 Å². The number of amides is 1. The third-order valence-corrected chi connectivity index (χ3v) is 9.07. The highest BCUT2D eigenvalue weighted by Crippen LogP contribution is 2.31. The minimum atomic E-state index is -0.339. The first kappa shape index (κ1) is 25.1. The summed E-state index contributed by atoms with van der Waals surface area (Å²) in [5, 5.41) is 3.49. The van der Waals surface area contributed by atoms with E-state index in [1.807, 2.05) is 59.1 Å². The Morgan fingerprint density at radius 2 is 1.90 bits per heavy atom. The molecule has 10 heteroatoms. The van der Waals surface area contributed by atoms with Gasteiger partial charge in [0.15, 0.2) is 5.65 Å². The van der Waals surface area contributed by atoms with Gasteiger partial charge in [-0.25, -0.2) is 4.98 Å². The van der Waals surface area contributed by atoms with Crippen molar-refractivity contribution in [3.63, 3.8) is 0 Å². The van der Waals surface area contributed by atoms with Gasteiger partial charge in [-0.3, -0.25) is 19.0 Å². The number of para-hydroxylation sites is 1. The van der Waals surface area contributed by atoms with Gasteiger partial charge in [-0.1, -0.05) is 18.2 Å². The van der Waals surface area contributed by atoms with Crippen molar-refractivity contribution in [3.05, 3.63) is 82.3 Å². The molecule has 9 nitrogen and oxygen atoms in total. The Morgan fingerprint density at radius 1 is 1.05 bits per heavy atom. The first-order chi connectivity index (χ1) is 19.7. The van der Waals surface area contributed by atoms with Crippen LogP contribution >= 0.6 is 11.3 Å². The summed E-state index contributed by atoms with van der Waals surface area (Å²) in [7, 11) is 0. The van der Waals surface area contributed by atoms with Crippen LogP contribution in [-0.4, -0.2) is 77.7 Å². The van der Waals surface area contributed by atoms with E-state index in [9.17, 15) is 9.59 Å². The van der Waals surface area contributed by atoms with E-state index in [2.05, 4.69) is 26.2 Å². The number of rotatable bonds is 6. The third-order valence-electron chi connectivity index (χ3n) is 7.93. The lowest BCUT2D eigenvalue weighted by atomic mass is 10.0. The lowest BCUT2D eigenvalue weighted by molar-refractivity contribution is 0.0950. The topological polar surface area (TPSA) is 92.1 Å². The molecule has 2 aliphatic heterocycles. The second-order valence-electron chi connectivity index (χ2n) is 10.4. The van der Waals surface area contributed by atoms with Gasteiger partial charge >= 0.3 is 0 Å². The fraction of sp³-hybridized carbons (Fsp3) is 0.333. The van der Waals surface area contributed by atoms with Crippen molar-refractivity contribution in [2.45, 2.75) is 12.3 Å². The number of anilines is 1. The Balaban J connectivity index is 1.19. The van der Waals surface area contributed by atoms with Crippen molar-refractivity contribution in [2.75, 3.05) is 57.4 Å². The number of carbonyl (C=O) groups excluding carboxylic acids is 1. The Bertz CT molecular complexity index is 1760. The number of hydrogen-bond donors (Lipinski definition) is 1. The number of likely N-dealkylation sites (tertiary alicyclic amines) is 1. The molecule has 7 rings (SSSR count). The van der Waals surface area contributed by atoms with Gasteiger partial charge in [-0.15, -0.1) is 11.3 Å². The van der Waals surface area contributed by atoms with Crippen molar-refractivity contribution < 1.29 is 9.53 Å². The van der Waals surface area contributed by atoms with Gasteiger partial charge in [0.2, 0.25) is 5.43 Å². The van der Waals surface area contributed by atoms with Crippen LogP contribution in [0.4, 0.5) is 5.82 Å².